The van der Waals surface area contributed by atoms with Crippen LogP contribution in [0.25, 0.3) is 189 Å². The molecule has 0 amide bonds. The zero-order chi connectivity index (χ0) is 69.1. The minimum absolute atomic E-state index is 0.171. The molecule has 104 heavy (non-hydrogen) atoms. The van der Waals surface area contributed by atoms with Crippen LogP contribution >= 0.6 is 0 Å². The molecule has 0 N–H and O–H groups in total. The second kappa shape index (κ2) is 22.6. The van der Waals surface area contributed by atoms with E-state index < -0.39 is 0 Å². The Hall–Kier alpha value is -13.4. The van der Waals surface area contributed by atoms with Crippen LogP contribution in [0.4, 0.5) is 0 Å². The summed E-state index contributed by atoms with van der Waals surface area (Å²) >= 11 is 0. The predicted octanol–water partition coefficient (Wildman–Crippen LogP) is 24.4. The number of rotatable bonds is 7. The molecule has 2 aliphatic rings. The Morgan fingerprint density at radius 3 is 1.08 bits per heavy atom. The smallest absolute Gasteiger partial charge is 0.164 e. The van der Waals surface area contributed by atoms with Crippen molar-refractivity contribution in [3.63, 3.8) is 0 Å². The molecule has 6 heterocycles. The number of hydrogen-bond acceptors (Lipinski definition) is 7. The number of benzene rings is 14. The van der Waals surface area contributed by atoms with Gasteiger partial charge in [0.2, 0.25) is 0 Å². The molecule has 0 saturated carbocycles. The molecule has 0 radical (unpaired) electrons. The largest absolute Gasteiger partial charge is 0.456 e. The Labute approximate surface area is 598 Å². The third kappa shape index (κ3) is 8.96. The molecule has 6 aromatic heterocycles. The van der Waals surface area contributed by atoms with Crippen molar-refractivity contribution in [2.24, 2.45) is 0 Å². The molecule has 20 aromatic rings. The molecule has 22 rings (SSSR count). The van der Waals surface area contributed by atoms with Crippen molar-refractivity contribution in [3.05, 3.63) is 332 Å². The molecule has 0 unspecified atom stereocenters. The van der Waals surface area contributed by atoms with E-state index in [2.05, 4.69) is 255 Å². The van der Waals surface area contributed by atoms with Gasteiger partial charge in [0, 0.05) is 98.5 Å². The number of nitrogens with zero attached hydrogens (tertiary/aromatic N) is 7. The highest BCUT2D eigenvalue weighted by molar-refractivity contribution is 6.21. The van der Waals surface area contributed by atoms with Gasteiger partial charge in [-0.05, 0) is 160 Å². The van der Waals surface area contributed by atoms with E-state index in [0.717, 1.165) is 105 Å². The highest BCUT2D eigenvalue weighted by Crippen LogP contribution is 2.57. The molecular weight excluding hydrogens is 1270 g/mol. The maximum absolute atomic E-state index is 6.37. The first kappa shape index (κ1) is 59.5. The van der Waals surface area contributed by atoms with Gasteiger partial charge in [-0.3, -0.25) is 0 Å². The average Bonchev–Trinajstić information content (AvgIpc) is 1.54. The molecule has 0 atom stereocenters. The SMILES string of the molecule is CC1(C)c2cc3oc4ccccc4c3cc2-c2c1ccc1c2c2ccccc2n1-c1ccc(-c2nc(-c3ccccc3)c3ccccc3n2)cc1.CC1(C)c2cc3oc4ccccc4c3cc2-c2c1ccc1c2c2ccccc2n1-c1ccc(-c2nc(-c3ccccc3)nc(-c3ccccc3)n2)cc1. The summed E-state index contributed by atoms with van der Waals surface area (Å²) < 4.78 is 17.5. The molecule has 9 nitrogen and oxygen atoms in total. The lowest BCUT2D eigenvalue weighted by Gasteiger charge is -2.21. The zero-order valence-corrected chi connectivity index (χ0v) is 57.4. The van der Waals surface area contributed by atoms with Crippen molar-refractivity contribution in [1.82, 2.24) is 34.1 Å². The van der Waals surface area contributed by atoms with E-state index in [9.17, 15) is 0 Å². The Balaban J connectivity index is 0.000000134. The Morgan fingerprint density at radius 2 is 0.625 bits per heavy atom. The van der Waals surface area contributed by atoms with Crippen LogP contribution in [-0.2, 0) is 10.8 Å². The highest BCUT2D eigenvalue weighted by atomic mass is 16.3. The molecule has 0 bridgehead atoms. The fraction of sp³-hybridized carbons (Fsp3) is 0.0632. The standard InChI is InChI=1S/C48H32N4O.C47H31N3O/c1-48(2)37-25-26-40-44(43(37)36-27-35-33-17-10-12-20-41(33)53-42(35)28-38(36)48)34-18-9-11-19-39(34)52(40)32-23-21-31(22-24-32)47-50-45(29-13-5-3-6-14-29)49-46(51-47)30-15-7-4-8-16-30;1-47(2)36-24-25-40-44(43(36)35-26-34-31-14-8-11-19-41(31)51-42(34)27-37(35)47)33-16-7-10-18-39(33)50(40)30-22-20-29(21-23-30)46-48-38-17-9-6-15-32(38)45(49-46)28-12-4-3-5-13-28/h3-28H,1-2H3;3-27H,1-2H3. The first-order chi connectivity index (χ1) is 51.1. The number of hydrogen-bond donors (Lipinski definition) is 0. The molecule has 2 aliphatic carbocycles. The lowest BCUT2D eigenvalue weighted by Crippen LogP contribution is -2.14. The van der Waals surface area contributed by atoms with E-state index in [0.29, 0.717) is 17.5 Å². The number of aromatic nitrogens is 7. The van der Waals surface area contributed by atoms with E-state index >= 15 is 0 Å². The summed E-state index contributed by atoms with van der Waals surface area (Å²) in [7, 11) is 0. The summed E-state index contributed by atoms with van der Waals surface area (Å²) in [4.78, 5) is 24.9. The van der Waals surface area contributed by atoms with Crippen LogP contribution in [0.1, 0.15) is 49.9 Å². The lowest BCUT2D eigenvalue weighted by atomic mass is 9.82. The van der Waals surface area contributed by atoms with Gasteiger partial charge in [-0.15, -0.1) is 0 Å². The van der Waals surface area contributed by atoms with Gasteiger partial charge in [0.05, 0.1) is 33.3 Å². The summed E-state index contributed by atoms with van der Waals surface area (Å²) in [6.07, 6.45) is 0. The first-order valence-electron chi connectivity index (χ1n) is 35.5. The third-order valence-corrected chi connectivity index (χ3v) is 22.1. The van der Waals surface area contributed by atoms with Gasteiger partial charge in [-0.2, -0.15) is 0 Å². The van der Waals surface area contributed by atoms with Gasteiger partial charge < -0.3 is 18.0 Å². The predicted molar refractivity (Wildman–Crippen MR) is 425 cm³/mol. The second-order valence-electron chi connectivity index (χ2n) is 28.6. The van der Waals surface area contributed by atoms with Gasteiger partial charge in [0.1, 0.15) is 22.3 Å². The fourth-order valence-corrected chi connectivity index (χ4v) is 17.0. The monoisotopic (exact) mass is 1330 g/mol. The van der Waals surface area contributed by atoms with Crippen LogP contribution in [-0.4, -0.2) is 34.1 Å². The van der Waals surface area contributed by atoms with E-state index in [1.165, 1.54) is 88.1 Å². The van der Waals surface area contributed by atoms with Gasteiger partial charge in [0.15, 0.2) is 23.3 Å². The molecule has 490 valence electrons. The van der Waals surface area contributed by atoms with Gasteiger partial charge in [-0.1, -0.05) is 222 Å². The molecule has 14 aromatic carbocycles. The topological polar surface area (TPSA) is 101 Å². The van der Waals surface area contributed by atoms with Crippen molar-refractivity contribution < 1.29 is 8.83 Å². The van der Waals surface area contributed by atoms with E-state index in [1.807, 2.05) is 91.0 Å². The van der Waals surface area contributed by atoms with E-state index in [-0.39, 0.29) is 10.8 Å². The maximum atomic E-state index is 6.37. The van der Waals surface area contributed by atoms with Crippen LogP contribution < -0.4 is 0 Å². The van der Waals surface area contributed by atoms with Crippen LogP contribution in [0.5, 0.6) is 0 Å². The van der Waals surface area contributed by atoms with Crippen molar-refractivity contribution >= 4 is 98.4 Å². The van der Waals surface area contributed by atoms with Gasteiger partial charge in [-0.25, -0.2) is 24.9 Å². The van der Waals surface area contributed by atoms with E-state index in [1.54, 1.807) is 0 Å². The minimum Gasteiger partial charge on any atom is -0.456 e. The molecular formula is C95H63N7O2. The molecule has 0 aliphatic heterocycles. The summed E-state index contributed by atoms with van der Waals surface area (Å²) in [5, 5.41) is 10.7. The van der Waals surface area contributed by atoms with Crippen LogP contribution in [0.3, 0.4) is 0 Å². The number of furan rings is 2. The Bertz CT molecular complexity index is 6890. The highest BCUT2D eigenvalue weighted by Gasteiger charge is 2.40. The van der Waals surface area contributed by atoms with Crippen molar-refractivity contribution in [2.45, 2.75) is 38.5 Å². The summed E-state index contributed by atoms with van der Waals surface area (Å²) in [6, 6.07) is 109. The quantitative estimate of drug-likeness (QED) is 0.157. The number of para-hydroxylation sites is 5. The molecule has 9 heteroatoms. The van der Waals surface area contributed by atoms with Gasteiger partial charge >= 0.3 is 0 Å². The normalized spacial score (nSPS) is 13.3. The van der Waals surface area contributed by atoms with Crippen LogP contribution in [0.15, 0.2) is 318 Å². The third-order valence-electron chi connectivity index (χ3n) is 22.1. The lowest BCUT2D eigenvalue weighted by molar-refractivity contribution is 0.647. The Morgan fingerprint density at radius 1 is 0.260 bits per heavy atom. The molecule has 0 fully saturated rings. The van der Waals surface area contributed by atoms with E-state index in [4.69, 9.17) is 33.8 Å². The maximum Gasteiger partial charge on any atom is 0.164 e. The number of fused-ring (bicyclic) bond motifs is 21. The fourth-order valence-electron chi connectivity index (χ4n) is 17.0. The van der Waals surface area contributed by atoms with Crippen molar-refractivity contribution in [3.8, 4) is 90.4 Å². The summed E-state index contributed by atoms with van der Waals surface area (Å²) in [5.41, 5.74) is 27.6. The zero-order valence-electron chi connectivity index (χ0n) is 57.4. The van der Waals surface area contributed by atoms with Gasteiger partial charge in [0.25, 0.3) is 0 Å². The molecule has 0 spiro atoms. The van der Waals surface area contributed by atoms with Crippen molar-refractivity contribution in [2.75, 3.05) is 0 Å². The average molecular weight is 1330 g/mol. The second-order valence-corrected chi connectivity index (χ2v) is 28.6. The van der Waals surface area contributed by atoms with Crippen LogP contribution in [0.2, 0.25) is 0 Å². The summed E-state index contributed by atoms with van der Waals surface area (Å²) in [6.45, 7) is 9.36. The Kier molecular flexibility index (Phi) is 12.9. The minimum atomic E-state index is -0.182. The molecule has 0 saturated heterocycles. The van der Waals surface area contributed by atoms with Crippen molar-refractivity contribution in [1.29, 1.82) is 0 Å². The first-order valence-corrected chi connectivity index (χ1v) is 35.5. The summed E-state index contributed by atoms with van der Waals surface area (Å²) in [5.74, 6) is 2.66. The van der Waals surface area contributed by atoms with Crippen LogP contribution in [0, 0.1) is 0 Å².